The summed E-state index contributed by atoms with van der Waals surface area (Å²) >= 11 is 11.7. The molecule has 1 nitrogen and oxygen atoms in total. The van der Waals surface area contributed by atoms with E-state index in [4.69, 9.17) is 23.2 Å². The molecule has 0 unspecified atom stereocenters. The van der Waals surface area contributed by atoms with Crippen molar-refractivity contribution in [1.29, 1.82) is 0 Å². The van der Waals surface area contributed by atoms with Crippen molar-refractivity contribution in [3.8, 4) is 11.3 Å². The normalized spacial score (nSPS) is 10.8. The van der Waals surface area contributed by atoms with Gasteiger partial charge in [-0.25, -0.2) is 0 Å². The van der Waals surface area contributed by atoms with Crippen molar-refractivity contribution in [2.75, 3.05) is 5.88 Å². The highest BCUT2D eigenvalue weighted by atomic mass is 35.5. The summed E-state index contributed by atoms with van der Waals surface area (Å²) in [4.78, 5) is 0. The van der Waals surface area contributed by atoms with Gasteiger partial charge in [0.1, 0.15) is 0 Å². The number of hydrogen-bond acceptors (Lipinski definition) is 0. The Labute approximate surface area is 112 Å². The topological polar surface area (TPSA) is 4.93 Å². The third-order valence-electron chi connectivity index (χ3n) is 3.02. The van der Waals surface area contributed by atoms with E-state index in [2.05, 4.69) is 36.9 Å². The molecule has 3 heteroatoms. The van der Waals surface area contributed by atoms with Gasteiger partial charge in [-0.3, -0.25) is 0 Å². The van der Waals surface area contributed by atoms with Crippen LogP contribution in [0.5, 0.6) is 0 Å². The van der Waals surface area contributed by atoms with E-state index in [0.717, 1.165) is 11.4 Å². The molecule has 2 rings (SSSR count). The lowest BCUT2D eigenvalue weighted by molar-refractivity contribution is 0.927. The molecule has 1 heterocycles. The highest BCUT2D eigenvalue weighted by molar-refractivity contribution is 6.30. The Bertz CT molecular complexity index is 512. The molecule has 0 spiro atoms. The van der Waals surface area contributed by atoms with Gasteiger partial charge in [-0.05, 0) is 42.2 Å². The van der Waals surface area contributed by atoms with Gasteiger partial charge in [0.25, 0.3) is 0 Å². The van der Waals surface area contributed by atoms with E-state index in [0.29, 0.717) is 5.88 Å². The van der Waals surface area contributed by atoms with Crippen LogP contribution in [-0.2, 0) is 13.5 Å². The maximum absolute atomic E-state index is 5.91. The van der Waals surface area contributed by atoms with Gasteiger partial charge in [0.05, 0.1) is 5.69 Å². The molecule has 0 aliphatic rings. The molecule has 0 N–H and O–H groups in total. The second kappa shape index (κ2) is 5.16. The van der Waals surface area contributed by atoms with Crippen LogP contribution in [0.25, 0.3) is 11.3 Å². The van der Waals surface area contributed by atoms with Crippen LogP contribution < -0.4 is 0 Å². The van der Waals surface area contributed by atoms with Crippen molar-refractivity contribution in [2.45, 2.75) is 13.3 Å². The van der Waals surface area contributed by atoms with Crippen LogP contribution in [-0.4, -0.2) is 10.4 Å². The minimum Gasteiger partial charge on any atom is -0.350 e. The molecule has 0 bridgehead atoms. The van der Waals surface area contributed by atoms with Gasteiger partial charge in [0.15, 0.2) is 0 Å². The molecule has 0 fully saturated rings. The SMILES string of the molecule is Cc1c(CCCl)cn(C)c1-c1ccc(Cl)cc1. The van der Waals surface area contributed by atoms with Gasteiger partial charge in [0.2, 0.25) is 0 Å². The standard InChI is InChI=1S/C14H15Cl2N/c1-10-12(7-8-15)9-17(2)14(10)11-3-5-13(16)6-4-11/h3-6,9H,7-8H2,1-2H3. The fourth-order valence-electron chi connectivity index (χ4n) is 2.19. The molecule has 2 aromatic rings. The smallest absolute Gasteiger partial charge is 0.0510 e. The zero-order valence-electron chi connectivity index (χ0n) is 10.0. The number of rotatable bonds is 3. The average molecular weight is 268 g/mol. The Hall–Kier alpha value is -0.920. The maximum Gasteiger partial charge on any atom is 0.0510 e. The van der Waals surface area contributed by atoms with Crippen LogP contribution in [0.1, 0.15) is 11.1 Å². The number of aryl methyl sites for hydroxylation is 2. The van der Waals surface area contributed by atoms with Crippen molar-refractivity contribution in [3.05, 3.63) is 46.6 Å². The van der Waals surface area contributed by atoms with E-state index in [9.17, 15) is 0 Å². The van der Waals surface area contributed by atoms with Crippen LogP contribution in [0.3, 0.4) is 0 Å². The summed E-state index contributed by atoms with van der Waals surface area (Å²) in [6.45, 7) is 2.14. The van der Waals surface area contributed by atoms with Gasteiger partial charge in [-0.2, -0.15) is 0 Å². The molecule has 90 valence electrons. The number of nitrogens with zero attached hydrogens (tertiary/aromatic N) is 1. The Kier molecular flexibility index (Phi) is 3.80. The van der Waals surface area contributed by atoms with Crippen LogP contribution in [0.15, 0.2) is 30.5 Å². The van der Waals surface area contributed by atoms with Crippen molar-refractivity contribution in [3.63, 3.8) is 0 Å². The van der Waals surface area contributed by atoms with Crippen molar-refractivity contribution in [1.82, 2.24) is 4.57 Å². The number of halogens is 2. The Balaban J connectivity index is 2.48. The van der Waals surface area contributed by atoms with E-state index < -0.39 is 0 Å². The lowest BCUT2D eigenvalue weighted by Gasteiger charge is -2.05. The first kappa shape index (κ1) is 12.5. The quantitative estimate of drug-likeness (QED) is 0.725. The van der Waals surface area contributed by atoms with E-state index in [1.54, 1.807) is 0 Å². The molecule has 0 radical (unpaired) electrons. The summed E-state index contributed by atoms with van der Waals surface area (Å²) in [6.07, 6.45) is 3.07. The Morgan fingerprint density at radius 2 is 1.82 bits per heavy atom. The highest BCUT2D eigenvalue weighted by Crippen LogP contribution is 2.28. The largest absolute Gasteiger partial charge is 0.350 e. The zero-order chi connectivity index (χ0) is 12.4. The summed E-state index contributed by atoms with van der Waals surface area (Å²) in [6, 6.07) is 7.94. The van der Waals surface area contributed by atoms with Gasteiger partial charge in [0, 0.05) is 24.1 Å². The summed E-state index contributed by atoms with van der Waals surface area (Å²) in [5.41, 5.74) is 5.04. The number of aromatic nitrogens is 1. The molecular formula is C14H15Cl2N. The second-order valence-electron chi connectivity index (χ2n) is 4.18. The van der Waals surface area contributed by atoms with Crippen molar-refractivity contribution < 1.29 is 0 Å². The first-order valence-corrected chi connectivity index (χ1v) is 6.51. The van der Waals surface area contributed by atoms with Gasteiger partial charge < -0.3 is 4.57 Å². The predicted octanol–water partition coefficient (Wildman–Crippen LogP) is 4.44. The fourth-order valence-corrected chi connectivity index (χ4v) is 2.52. The summed E-state index contributed by atoms with van der Waals surface area (Å²) in [5.74, 6) is 0.658. The van der Waals surface area contributed by atoms with Crippen LogP contribution in [0.4, 0.5) is 0 Å². The average Bonchev–Trinajstić information content (AvgIpc) is 2.57. The van der Waals surface area contributed by atoms with Gasteiger partial charge in [-0.15, -0.1) is 11.6 Å². The van der Waals surface area contributed by atoms with Gasteiger partial charge >= 0.3 is 0 Å². The van der Waals surface area contributed by atoms with Crippen LogP contribution in [0, 0.1) is 6.92 Å². The molecular weight excluding hydrogens is 253 g/mol. The number of benzene rings is 1. The molecule has 0 saturated heterocycles. The lowest BCUT2D eigenvalue weighted by Crippen LogP contribution is -1.90. The minimum atomic E-state index is 0.658. The van der Waals surface area contributed by atoms with E-state index in [1.165, 1.54) is 22.4 Å². The number of alkyl halides is 1. The second-order valence-corrected chi connectivity index (χ2v) is 5.00. The summed E-state index contributed by atoms with van der Waals surface area (Å²) in [7, 11) is 2.06. The van der Waals surface area contributed by atoms with E-state index in [1.807, 2.05) is 12.1 Å². The maximum atomic E-state index is 5.91. The predicted molar refractivity (Wildman–Crippen MR) is 75.0 cm³/mol. The molecule has 0 amide bonds. The van der Waals surface area contributed by atoms with Gasteiger partial charge in [-0.1, -0.05) is 23.7 Å². The first-order valence-electron chi connectivity index (χ1n) is 5.60. The zero-order valence-corrected chi connectivity index (χ0v) is 11.5. The third-order valence-corrected chi connectivity index (χ3v) is 3.46. The minimum absolute atomic E-state index is 0.658. The molecule has 0 atom stereocenters. The molecule has 0 aliphatic heterocycles. The third kappa shape index (κ3) is 2.51. The Morgan fingerprint density at radius 1 is 1.18 bits per heavy atom. The van der Waals surface area contributed by atoms with E-state index >= 15 is 0 Å². The number of hydrogen-bond donors (Lipinski definition) is 0. The monoisotopic (exact) mass is 267 g/mol. The van der Waals surface area contributed by atoms with Crippen LogP contribution in [0.2, 0.25) is 5.02 Å². The van der Waals surface area contributed by atoms with Crippen molar-refractivity contribution >= 4 is 23.2 Å². The molecule has 1 aromatic heterocycles. The van der Waals surface area contributed by atoms with Crippen LogP contribution >= 0.6 is 23.2 Å². The summed E-state index contributed by atoms with van der Waals surface area (Å²) in [5, 5.41) is 0.765. The fraction of sp³-hybridized carbons (Fsp3) is 0.286. The highest BCUT2D eigenvalue weighted by Gasteiger charge is 2.11. The molecule has 0 saturated carbocycles. The molecule has 17 heavy (non-hydrogen) atoms. The summed E-state index contributed by atoms with van der Waals surface area (Å²) < 4.78 is 2.15. The molecule has 1 aromatic carbocycles. The molecule has 0 aliphatic carbocycles. The van der Waals surface area contributed by atoms with Crippen molar-refractivity contribution in [2.24, 2.45) is 7.05 Å². The lowest BCUT2D eigenvalue weighted by atomic mass is 10.1. The first-order chi connectivity index (χ1) is 8.13. The van der Waals surface area contributed by atoms with E-state index in [-0.39, 0.29) is 0 Å². The Morgan fingerprint density at radius 3 is 2.41 bits per heavy atom.